The van der Waals surface area contributed by atoms with E-state index in [1.165, 1.54) is 0 Å². The molecular weight excluding hydrogens is 213 g/mol. The number of nitrogens with one attached hydrogen (secondary N) is 1. The number of rotatable bonds is 6. The molecule has 0 aliphatic rings. The summed E-state index contributed by atoms with van der Waals surface area (Å²) in [5.41, 5.74) is 0. The van der Waals surface area contributed by atoms with Crippen LogP contribution >= 0.6 is 23.2 Å². The summed E-state index contributed by atoms with van der Waals surface area (Å²) in [4.78, 5) is 0. The van der Waals surface area contributed by atoms with Gasteiger partial charge >= 0.3 is 10.3 Å². The lowest BCUT2D eigenvalue weighted by Crippen LogP contribution is -2.28. The number of hydrogen-bond donors (Lipinski definition) is 1. The molecule has 0 radical (unpaired) electrons. The predicted molar refractivity (Wildman–Crippen MR) is 44.3 cm³/mol. The zero-order valence-electron chi connectivity index (χ0n) is 5.72. The number of hydrogen-bond acceptors (Lipinski definition) is 3. The molecule has 11 heavy (non-hydrogen) atoms. The predicted octanol–water partition coefficient (Wildman–Crippen LogP) is 0.315. The molecule has 0 heterocycles. The molecule has 4 nitrogen and oxygen atoms in total. The molecule has 0 saturated heterocycles. The van der Waals surface area contributed by atoms with E-state index in [2.05, 4.69) is 8.91 Å². The van der Waals surface area contributed by atoms with Crippen LogP contribution < -0.4 is 4.72 Å². The molecule has 0 aliphatic heterocycles. The van der Waals surface area contributed by atoms with Crippen molar-refractivity contribution in [3.05, 3.63) is 0 Å². The van der Waals surface area contributed by atoms with Crippen molar-refractivity contribution in [3.8, 4) is 0 Å². The van der Waals surface area contributed by atoms with Gasteiger partial charge in [0.25, 0.3) is 0 Å². The van der Waals surface area contributed by atoms with Gasteiger partial charge in [0.1, 0.15) is 0 Å². The summed E-state index contributed by atoms with van der Waals surface area (Å²) >= 11 is 10.4. The molecule has 0 bridgehead atoms. The molecule has 0 aromatic rings. The van der Waals surface area contributed by atoms with Crippen molar-refractivity contribution < 1.29 is 12.6 Å². The Morgan fingerprint density at radius 3 is 2.36 bits per heavy atom. The van der Waals surface area contributed by atoms with E-state index in [-0.39, 0.29) is 24.9 Å². The van der Waals surface area contributed by atoms with E-state index in [1.54, 1.807) is 0 Å². The second-order valence-corrected chi connectivity index (χ2v) is 3.74. The fraction of sp³-hybridized carbons (Fsp3) is 1.00. The highest BCUT2D eigenvalue weighted by atomic mass is 35.5. The molecule has 0 aromatic carbocycles. The molecule has 0 unspecified atom stereocenters. The number of alkyl halides is 2. The zero-order chi connectivity index (χ0) is 8.74. The van der Waals surface area contributed by atoms with Gasteiger partial charge in [0.2, 0.25) is 0 Å². The normalized spacial score (nSPS) is 11.8. The monoisotopic (exact) mass is 221 g/mol. The summed E-state index contributed by atoms with van der Waals surface area (Å²) in [6, 6.07) is 0. The van der Waals surface area contributed by atoms with Crippen LogP contribution in [0.4, 0.5) is 0 Å². The van der Waals surface area contributed by atoms with Crippen LogP contribution in [0.5, 0.6) is 0 Å². The van der Waals surface area contributed by atoms with E-state index in [1.807, 2.05) is 0 Å². The van der Waals surface area contributed by atoms with Crippen molar-refractivity contribution in [2.24, 2.45) is 0 Å². The molecule has 0 atom stereocenters. The van der Waals surface area contributed by atoms with Crippen molar-refractivity contribution in [3.63, 3.8) is 0 Å². The Morgan fingerprint density at radius 2 is 1.91 bits per heavy atom. The van der Waals surface area contributed by atoms with Crippen LogP contribution in [0, 0.1) is 0 Å². The average Bonchev–Trinajstić information content (AvgIpc) is 1.97. The minimum Gasteiger partial charge on any atom is -0.257 e. The van der Waals surface area contributed by atoms with Crippen molar-refractivity contribution in [1.82, 2.24) is 4.72 Å². The van der Waals surface area contributed by atoms with Crippen molar-refractivity contribution >= 4 is 33.5 Å². The summed E-state index contributed by atoms with van der Waals surface area (Å²) in [5.74, 6) is 0.352. The third kappa shape index (κ3) is 6.83. The first-order chi connectivity index (χ1) is 5.12. The van der Waals surface area contributed by atoms with Gasteiger partial charge in [-0.3, -0.25) is 4.18 Å². The largest absolute Gasteiger partial charge is 0.335 e. The molecular formula is C4H9Cl2NO3S. The average molecular weight is 222 g/mol. The lowest BCUT2D eigenvalue weighted by Gasteiger charge is -2.02. The third-order valence-corrected chi connectivity index (χ3v) is 2.07. The van der Waals surface area contributed by atoms with Crippen molar-refractivity contribution in [2.75, 3.05) is 24.9 Å². The first kappa shape index (κ1) is 11.4. The lowest BCUT2D eigenvalue weighted by atomic mass is 10.8. The smallest absolute Gasteiger partial charge is 0.257 e. The molecule has 68 valence electrons. The fourth-order valence-corrected chi connectivity index (χ4v) is 1.46. The van der Waals surface area contributed by atoms with Crippen LogP contribution in [0.3, 0.4) is 0 Å². The summed E-state index contributed by atoms with van der Waals surface area (Å²) in [6.07, 6.45) is 0. The first-order valence-corrected chi connectivity index (χ1v) is 5.36. The van der Waals surface area contributed by atoms with Gasteiger partial charge in [-0.05, 0) is 0 Å². The Balaban J connectivity index is 3.63. The van der Waals surface area contributed by atoms with Gasteiger partial charge in [-0.25, -0.2) is 0 Å². The lowest BCUT2D eigenvalue weighted by molar-refractivity contribution is 0.333. The van der Waals surface area contributed by atoms with Crippen molar-refractivity contribution in [1.29, 1.82) is 0 Å². The standard InChI is InChI=1S/C4H9Cl2NO3S/c5-1-3-7-11(8,9)10-4-2-6/h7H,1-4H2. The molecule has 0 saturated carbocycles. The molecule has 0 rings (SSSR count). The minimum absolute atomic E-state index is 0.0286. The van der Waals surface area contributed by atoms with E-state index in [4.69, 9.17) is 23.2 Å². The van der Waals surface area contributed by atoms with Gasteiger partial charge in [-0.15, -0.1) is 23.2 Å². The van der Waals surface area contributed by atoms with E-state index in [9.17, 15) is 8.42 Å². The van der Waals surface area contributed by atoms with Gasteiger partial charge < -0.3 is 0 Å². The second kappa shape index (κ2) is 6.02. The third-order valence-electron chi connectivity index (χ3n) is 0.689. The highest BCUT2D eigenvalue weighted by Crippen LogP contribution is 1.88. The second-order valence-electron chi connectivity index (χ2n) is 1.55. The summed E-state index contributed by atoms with van der Waals surface area (Å²) in [5, 5.41) is 0. The quantitative estimate of drug-likeness (QED) is 0.658. The van der Waals surface area contributed by atoms with Crippen molar-refractivity contribution in [2.45, 2.75) is 0 Å². The van der Waals surface area contributed by atoms with Gasteiger partial charge in [-0.2, -0.15) is 13.1 Å². The Morgan fingerprint density at radius 1 is 1.27 bits per heavy atom. The van der Waals surface area contributed by atoms with Gasteiger partial charge in [-0.1, -0.05) is 0 Å². The van der Waals surface area contributed by atoms with Crippen LogP contribution in [0.25, 0.3) is 0 Å². The molecule has 0 aromatic heterocycles. The highest BCUT2D eigenvalue weighted by molar-refractivity contribution is 7.84. The van der Waals surface area contributed by atoms with E-state index < -0.39 is 10.3 Å². The summed E-state index contributed by atoms with van der Waals surface area (Å²) in [7, 11) is -3.62. The van der Waals surface area contributed by atoms with Gasteiger partial charge in [0, 0.05) is 18.3 Å². The molecule has 0 aliphatic carbocycles. The Hall–Kier alpha value is 0.450. The number of halogens is 2. The van der Waals surface area contributed by atoms with Crippen LogP contribution in [0.2, 0.25) is 0 Å². The Labute approximate surface area is 76.1 Å². The molecule has 1 N–H and O–H groups in total. The first-order valence-electron chi connectivity index (χ1n) is 2.88. The molecule has 0 amide bonds. The van der Waals surface area contributed by atoms with E-state index in [0.29, 0.717) is 0 Å². The van der Waals surface area contributed by atoms with Gasteiger partial charge in [0.15, 0.2) is 0 Å². The van der Waals surface area contributed by atoms with Crippen LogP contribution in [-0.2, 0) is 14.5 Å². The fourth-order valence-electron chi connectivity index (χ4n) is 0.346. The maximum absolute atomic E-state index is 10.7. The van der Waals surface area contributed by atoms with Crippen LogP contribution in [0.15, 0.2) is 0 Å². The molecule has 7 heteroatoms. The Bertz CT molecular complexity index is 168. The summed E-state index contributed by atoms with van der Waals surface area (Å²) in [6.45, 7) is 0.130. The van der Waals surface area contributed by atoms with Gasteiger partial charge in [0.05, 0.1) is 6.61 Å². The van der Waals surface area contributed by atoms with E-state index >= 15 is 0 Å². The molecule has 0 fully saturated rings. The maximum atomic E-state index is 10.7. The summed E-state index contributed by atoms with van der Waals surface area (Å²) < 4.78 is 27.8. The Kier molecular flexibility index (Phi) is 6.27. The van der Waals surface area contributed by atoms with E-state index in [0.717, 1.165) is 0 Å². The minimum atomic E-state index is -3.62. The topological polar surface area (TPSA) is 55.4 Å². The van der Waals surface area contributed by atoms with Crippen LogP contribution in [0.1, 0.15) is 0 Å². The maximum Gasteiger partial charge on any atom is 0.335 e. The SMILES string of the molecule is O=S(=O)(NCCCl)OCCCl. The molecule has 0 spiro atoms. The zero-order valence-corrected chi connectivity index (χ0v) is 8.05. The highest BCUT2D eigenvalue weighted by Gasteiger charge is 2.07. The van der Waals surface area contributed by atoms with Crippen LogP contribution in [-0.4, -0.2) is 33.3 Å².